The van der Waals surface area contributed by atoms with Gasteiger partial charge in [0, 0.05) is 13.5 Å². The molecule has 1 unspecified atom stereocenters. The van der Waals surface area contributed by atoms with E-state index in [9.17, 15) is 4.79 Å². The van der Waals surface area contributed by atoms with E-state index in [0.717, 1.165) is 22.4 Å². The topological polar surface area (TPSA) is 74.0 Å². The molecule has 0 saturated carbocycles. The van der Waals surface area contributed by atoms with E-state index in [0.29, 0.717) is 32.2 Å². The van der Waals surface area contributed by atoms with Crippen LogP contribution in [0.4, 0.5) is 6.01 Å². The molecule has 0 aliphatic carbocycles. The molecule has 7 nitrogen and oxygen atoms in total. The van der Waals surface area contributed by atoms with E-state index in [1.807, 2.05) is 81.2 Å². The third-order valence-electron chi connectivity index (χ3n) is 4.69. The van der Waals surface area contributed by atoms with Gasteiger partial charge < -0.3 is 23.5 Å². The fraction of sp³-hybridized carbons (Fsp3) is 0.440. The Bertz CT molecular complexity index is 974. The monoisotopic (exact) mass is 440 g/mol. The van der Waals surface area contributed by atoms with E-state index in [-0.39, 0.29) is 5.97 Å². The van der Waals surface area contributed by atoms with E-state index < -0.39 is 11.7 Å². The number of esters is 1. The normalized spacial score (nSPS) is 12.5. The fourth-order valence-corrected chi connectivity index (χ4v) is 3.19. The lowest BCUT2D eigenvalue weighted by molar-refractivity contribution is -0.165. The van der Waals surface area contributed by atoms with Crippen LogP contribution >= 0.6 is 0 Å². The number of fused-ring (bicyclic) bond motifs is 1. The third-order valence-corrected chi connectivity index (χ3v) is 4.69. The summed E-state index contributed by atoms with van der Waals surface area (Å²) in [5.41, 5.74) is 2.13. The standard InChI is InChI=1S/C25H32N2O5/c1-6-29-23(28)22(32-25(2,3)4)17-18-11-13-19(14-12-18)30-16-15-27(5)24-26-20-9-7-8-10-21(20)31-24/h7-14,22H,6,15-17H2,1-5H3. The molecule has 3 rings (SSSR count). The number of likely N-dealkylation sites (N-methyl/N-ethyl adjacent to an activating group) is 1. The Morgan fingerprint density at radius 2 is 1.84 bits per heavy atom. The first-order valence-electron chi connectivity index (χ1n) is 10.9. The molecule has 3 aromatic rings. The highest BCUT2D eigenvalue weighted by Gasteiger charge is 2.26. The average Bonchev–Trinajstić information content (AvgIpc) is 3.18. The number of aromatic nitrogens is 1. The zero-order chi connectivity index (χ0) is 23.1. The van der Waals surface area contributed by atoms with Gasteiger partial charge in [-0.05, 0) is 57.5 Å². The molecule has 0 bridgehead atoms. The quantitative estimate of drug-likeness (QED) is 0.426. The van der Waals surface area contributed by atoms with Crippen molar-refractivity contribution in [2.75, 3.05) is 31.7 Å². The molecule has 2 aromatic carbocycles. The highest BCUT2D eigenvalue weighted by molar-refractivity contribution is 5.75. The molecule has 0 radical (unpaired) electrons. The third kappa shape index (κ3) is 6.72. The minimum absolute atomic E-state index is 0.327. The largest absolute Gasteiger partial charge is 0.492 e. The van der Waals surface area contributed by atoms with Crippen LogP contribution in [0.5, 0.6) is 5.75 Å². The molecule has 0 saturated heterocycles. The highest BCUT2D eigenvalue weighted by atomic mass is 16.6. The predicted molar refractivity (Wildman–Crippen MR) is 124 cm³/mol. The van der Waals surface area contributed by atoms with E-state index in [2.05, 4.69) is 4.98 Å². The number of benzene rings is 2. The van der Waals surface area contributed by atoms with E-state index in [1.165, 1.54) is 0 Å². The van der Waals surface area contributed by atoms with E-state index in [1.54, 1.807) is 6.92 Å². The number of carbonyl (C=O) groups excluding carboxylic acids is 1. The van der Waals surface area contributed by atoms with Gasteiger partial charge in [-0.2, -0.15) is 4.98 Å². The van der Waals surface area contributed by atoms with Gasteiger partial charge >= 0.3 is 5.97 Å². The molecule has 0 N–H and O–H groups in total. The predicted octanol–water partition coefficient (Wildman–Crippen LogP) is 4.63. The summed E-state index contributed by atoms with van der Waals surface area (Å²) in [6.45, 7) is 9.00. The van der Waals surface area contributed by atoms with E-state index in [4.69, 9.17) is 18.6 Å². The number of nitrogens with zero attached hydrogens (tertiary/aromatic N) is 2. The molecule has 7 heteroatoms. The summed E-state index contributed by atoms with van der Waals surface area (Å²) >= 11 is 0. The Balaban J connectivity index is 1.52. The van der Waals surface area contributed by atoms with Gasteiger partial charge in [-0.3, -0.25) is 0 Å². The number of ether oxygens (including phenoxy) is 3. The minimum Gasteiger partial charge on any atom is -0.492 e. The van der Waals surface area contributed by atoms with Crippen LogP contribution in [0.2, 0.25) is 0 Å². The first kappa shape index (κ1) is 23.6. The fourth-order valence-electron chi connectivity index (χ4n) is 3.19. The van der Waals surface area contributed by atoms with Crippen molar-refractivity contribution in [3.05, 3.63) is 54.1 Å². The van der Waals surface area contributed by atoms with Gasteiger partial charge in [0.05, 0.1) is 18.8 Å². The molecule has 0 fully saturated rings. The summed E-state index contributed by atoms with van der Waals surface area (Å²) < 4.78 is 22.7. The van der Waals surface area contributed by atoms with Crippen LogP contribution in [0.25, 0.3) is 11.1 Å². The number of hydrogen-bond acceptors (Lipinski definition) is 7. The zero-order valence-electron chi connectivity index (χ0n) is 19.5. The van der Waals surface area contributed by atoms with Crippen molar-refractivity contribution in [1.82, 2.24) is 4.98 Å². The van der Waals surface area contributed by atoms with Crippen molar-refractivity contribution in [2.24, 2.45) is 0 Å². The molecular weight excluding hydrogens is 408 g/mol. The highest BCUT2D eigenvalue weighted by Crippen LogP contribution is 2.21. The number of anilines is 1. The van der Waals surface area contributed by atoms with Crippen molar-refractivity contribution >= 4 is 23.1 Å². The van der Waals surface area contributed by atoms with Crippen LogP contribution in [0.1, 0.15) is 33.3 Å². The maximum Gasteiger partial charge on any atom is 0.335 e. The molecule has 32 heavy (non-hydrogen) atoms. The van der Waals surface area contributed by atoms with Crippen LogP contribution in [-0.4, -0.2) is 49.5 Å². The molecule has 0 aliphatic heterocycles. The molecular formula is C25H32N2O5. The Hall–Kier alpha value is -3.06. The number of rotatable bonds is 10. The maximum absolute atomic E-state index is 12.3. The molecule has 0 aliphatic rings. The Labute approximate surface area is 189 Å². The van der Waals surface area contributed by atoms with Crippen molar-refractivity contribution in [2.45, 2.75) is 45.8 Å². The summed E-state index contributed by atoms with van der Waals surface area (Å²) in [7, 11) is 1.92. The lowest BCUT2D eigenvalue weighted by atomic mass is 10.1. The van der Waals surface area contributed by atoms with Gasteiger partial charge in [0.1, 0.15) is 17.9 Å². The zero-order valence-corrected chi connectivity index (χ0v) is 19.5. The van der Waals surface area contributed by atoms with Gasteiger partial charge in [-0.25, -0.2) is 4.79 Å². The summed E-state index contributed by atoms with van der Waals surface area (Å²) in [5, 5.41) is 0. The Morgan fingerprint density at radius 1 is 1.12 bits per heavy atom. The average molecular weight is 441 g/mol. The molecule has 172 valence electrons. The first-order valence-corrected chi connectivity index (χ1v) is 10.9. The summed E-state index contributed by atoms with van der Waals surface area (Å²) in [6.07, 6.45) is -0.205. The SMILES string of the molecule is CCOC(=O)C(Cc1ccc(OCCN(C)c2nc3ccccc3o2)cc1)OC(C)(C)C. The summed E-state index contributed by atoms with van der Waals surface area (Å²) in [4.78, 5) is 18.7. The second kappa shape index (κ2) is 10.5. The molecule has 1 aromatic heterocycles. The van der Waals surface area contributed by atoms with Crippen LogP contribution in [0.3, 0.4) is 0 Å². The number of hydrogen-bond donors (Lipinski definition) is 0. The molecule has 1 atom stereocenters. The number of para-hydroxylation sites is 2. The van der Waals surface area contributed by atoms with Crippen molar-refractivity contribution in [3.8, 4) is 5.75 Å². The van der Waals surface area contributed by atoms with Crippen molar-refractivity contribution < 1.29 is 23.4 Å². The summed E-state index contributed by atoms with van der Waals surface area (Å²) in [5.74, 6) is 0.411. The molecule has 0 amide bonds. The Kier molecular flexibility index (Phi) is 7.75. The number of oxazole rings is 1. The van der Waals surface area contributed by atoms with Gasteiger partial charge in [0.15, 0.2) is 11.7 Å². The van der Waals surface area contributed by atoms with Crippen LogP contribution in [-0.2, 0) is 20.7 Å². The van der Waals surface area contributed by atoms with Crippen LogP contribution < -0.4 is 9.64 Å². The Morgan fingerprint density at radius 3 is 2.50 bits per heavy atom. The minimum atomic E-state index is -0.647. The van der Waals surface area contributed by atoms with Crippen molar-refractivity contribution in [3.63, 3.8) is 0 Å². The van der Waals surface area contributed by atoms with Gasteiger partial charge in [-0.1, -0.05) is 24.3 Å². The smallest absolute Gasteiger partial charge is 0.335 e. The summed E-state index contributed by atoms with van der Waals surface area (Å²) in [6, 6.07) is 15.9. The first-order chi connectivity index (χ1) is 15.2. The lowest BCUT2D eigenvalue weighted by Crippen LogP contribution is -2.36. The maximum atomic E-state index is 12.3. The number of carbonyl (C=O) groups is 1. The lowest BCUT2D eigenvalue weighted by Gasteiger charge is -2.26. The molecule has 1 heterocycles. The van der Waals surface area contributed by atoms with Gasteiger partial charge in [0.2, 0.25) is 0 Å². The van der Waals surface area contributed by atoms with Crippen LogP contribution in [0, 0.1) is 0 Å². The second-order valence-corrected chi connectivity index (χ2v) is 8.55. The second-order valence-electron chi connectivity index (χ2n) is 8.55. The van der Waals surface area contributed by atoms with Gasteiger partial charge in [-0.15, -0.1) is 0 Å². The van der Waals surface area contributed by atoms with Crippen molar-refractivity contribution in [1.29, 1.82) is 0 Å². The van der Waals surface area contributed by atoms with E-state index >= 15 is 0 Å². The van der Waals surface area contributed by atoms with Gasteiger partial charge in [0.25, 0.3) is 6.01 Å². The van der Waals surface area contributed by atoms with Crippen LogP contribution in [0.15, 0.2) is 52.9 Å². The molecule has 0 spiro atoms.